The van der Waals surface area contributed by atoms with E-state index in [9.17, 15) is 5.21 Å². The van der Waals surface area contributed by atoms with Crippen molar-refractivity contribution in [3.05, 3.63) is 0 Å². The molecule has 11 heavy (non-hydrogen) atoms. The molecule has 1 unspecified atom stereocenters. The van der Waals surface area contributed by atoms with Gasteiger partial charge in [0.15, 0.2) is 0 Å². The number of hydrogen-bond donors (Lipinski definition) is 3. The van der Waals surface area contributed by atoms with Crippen molar-refractivity contribution in [1.82, 2.24) is 10.4 Å². The van der Waals surface area contributed by atoms with Gasteiger partial charge in [-0.25, -0.2) is 0 Å². The number of nitrogens with zero attached hydrogens (tertiary/aromatic N) is 1. The third kappa shape index (κ3) is 2.75. The molecule has 0 spiro atoms. The molecule has 66 valence electrons. The van der Waals surface area contributed by atoms with Gasteiger partial charge in [0.1, 0.15) is 0 Å². The summed E-state index contributed by atoms with van der Waals surface area (Å²) in [5.41, 5.74) is 5.33. The standard InChI is InChI=1S/C7H17N3O/c8-4-5-9-7-3-1-2-6-10(7)11/h7,9,11H,1-6,8H2. The fraction of sp³-hybridized carbons (Fsp3) is 1.00. The Hall–Kier alpha value is -0.160. The smallest absolute Gasteiger partial charge is 0.0841 e. The second kappa shape index (κ2) is 4.66. The van der Waals surface area contributed by atoms with Crippen LogP contribution in [-0.2, 0) is 0 Å². The quantitative estimate of drug-likeness (QED) is 0.531. The minimum Gasteiger partial charge on any atom is -0.329 e. The lowest BCUT2D eigenvalue weighted by Crippen LogP contribution is -2.48. The van der Waals surface area contributed by atoms with E-state index in [-0.39, 0.29) is 6.17 Å². The normalized spacial score (nSPS) is 27.3. The molecule has 0 aromatic rings. The first-order valence-electron chi connectivity index (χ1n) is 4.23. The van der Waals surface area contributed by atoms with Gasteiger partial charge >= 0.3 is 0 Å². The molecule has 1 heterocycles. The summed E-state index contributed by atoms with van der Waals surface area (Å²) in [6.45, 7) is 2.19. The average Bonchev–Trinajstić information content (AvgIpc) is 2.03. The Kier molecular flexibility index (Phi) is 3.79. The summed E-state index contributed by atoms with van der Waals surface area (Å²) in [6.07, 6.45) is 3.44. The average molecular weight is 159 g/mol. The van der Waals surface area contributed by atoms with Gasteiger partial charge in [0, 0.05) is 19.6 Å². The fourth-order valence-electron chi connectivity index (χ4n) is 1.37. The van der Waals surface area contributed by atoms with E-state index in [4.69, 9.17) is 5.73 Å². The molecular weight excluding hydrogens is 142 g/mol. The van der Waals surface area contributed by atoms with Gasteiger partial charge in [-0.05, 0) is 19.3 Å². The van der Waals surface area contributed by atoms with E-state index >= 15 is 0 Å². The zero-order valence-electron chi connectivity index (χ0n) is 6.79. The molecule has 1 aliphatic heterocycles. The molecule has 0 amide bonds. The van der Waals surface area contributed by atoms with Gasteiger partial charge in [-0.2, -0.15) is 5.06 Å². The van der Waals surface area contributed by atoms with Gasteiger partial charge in [-0.3, -0.25) is 5.32 Å². The molecule has 0 aliphatic carbocycles. The van der Waals surface area contributed by atoms with Crippen molar-refractivity contribution in [3.8, 4) is 0 Å². The van der Waals surface area contributed by atoms with Crippen LogP contribution in [0, 0.1) is 0 Å². The van der Waals surface area contributed by atoms with E-state index in [1.807, 2.05) is 0 Å². The molecule has 1 atom stereocenters. The van der Waals surface area contributed by atoms with E-state index in [1.165, 1.54) is 11.5 Å². The zero-order chi connectivity index (χ0) is 8.10. The van der Waals surface area contributed by atoms with Gasteiger partial charge in [0.05, 0.1) is 6.17 Å². The van der Waals surface area contributed by atoms with E-state index in [0.717, 1.165) is 25.9 Å². The summed E-state index contributed by atoms with van der Waals surface area (Å²) in [5, 5.41) is 13.9. The summed E-state index contributed by atoms with van der Waals surface area (Å²) >= 11 is 0. The van der Waals surface area contributed by atoms with Crippen molar-refractivity contribution >= 4 is 0 Å². The molecule has 1 aliphatic rings. The third-order valence-electron chi connectivity index (χ3n) is 2.00. The van der Waals surface area contributed by atoms with Crippen LogP contribution in [0.2, 0.25) is 0 Å². The van der Waals surface area contributed by atoms with Crippen molar-refractivity contribution in [2.24, 2.45) is 5.73 Å². The van der Waals surface area contributed by atoms with Crippen molar-refractivity contribution in [1.29, 1.82) is 0 Å². The Morgan fingerprint density at radius 3 is 3.00 bits per heavy atom. The van der Waals surface area contributed by atoms with Crippen LogP contribution in [0.5, 0.6) is 0 Å². The number of piperidine rings is 1. The molecule has 1 rings (SSSR count). The lowest BCUT2D eigenvalue weighted by molar-refractivity contribution is -0.150. The maximum Gasteiger partial charge on any atom is 0.0841 e. The Bertz CT molecular complexity index is 110. The number of nitrogens with two attached hydrogens (primary N) is 1. The van der Waals surface area contributed by atoms with E-state index < -0.39 is 0 Å². The predicted octanol–water partition coefficient (Wildman–Crippen LogP) is -0.264. The maximum absolute atomic E-state index is 9.33. The summed E-state index contributed by atoms with van der Waals surface area (Å²) in [6, 6.07) is 0. The van der Waals surface area contributed by atoms with Gasteiger partial charge in [0.25, 0.3) is 0 Å². The third-order valence-corrected chi connectivity index (χ3v) is 2.00. The molecule has 0 radical (unpaired) electrons. The summed E-state index contributed by atoms with van der Waals surface area (Å²) in [5.74, 6) is 0. The van der Waals surface area contributed by atoms with Crippen LogP contribution < -0.4 is 11.1 Å². The second-order valence-corrected chi connectivity index (χ2v) is 2.92. The second-order valence-electron chi connectivity index (χ2n) is 2.92. The summed E-state index contributed by atoms with van der Waals surface area (Å²) in [7, 11) is 0. The van der Waals surface area contributed by atoms with Crippen LogP contribution in [0.25, 0.3) is 0 Å². The van der Waals surface area contributed by atoms with Crippen LogP contribution in [0.4, 0.5) is 0 Å². The fourth-order valence-corrected chi connectivity index (χ4v) is 1.37. The topological polar surface area (TPSA) is 61.5 Å². The molecule has 0 aromatic heterocycles. The molecule has 0 aromatic carbocycles. The highest BCUT2D eigenvalue weighted by Gasteiger charge is 2.18. The molecule has 0 bridgehead atoms. The largest absolute Gasteiger partial charge is 0.329 e. The molecule has 1 saturated heterocycles. The van der Waals surface area contributed by atoms with Crippen LogP contribution in [-0.4, -0.2) is 36.1 Å². The van der Waals surface area contributed by atoms with Crippen LogP contribution in [0.3, 0.4) is 0 Å². The highest BCUT2D eigenvalue weighted by Crippen LogP contribution is 2.11. The number of nitrogens with one attached hydrogen (secondary N) is 1. The van der Waals surface area contributed by atoms with Gasteiger partial charge in [0.2, 0.25) is 0 Å². The molecule has 4 nitrogen and oxygen atoms in total. The Balaban J connectivity index is 2.18. The van der Waals surface area contributed by atoms with Crippen molar-refractivity contribution in [2.45, 2.75) is 25.4 Å². The monoisotopic (exact) mass is 159 g/mol. The van der Waals surface area contributed by atoms with Crippen LogP contribution in [0.15, 0.2) is 0 Å². The molecule has 0 saturated carbocycles. The number of hydroxylamine groups is 2. The van der Waals surface area contributed by atoms with Gasteiger partial charge in [-0.15, -0.1) is 0 Å². The highest BCUT2D eigenvalue weighted by atomic mass is 16.5. The Labute approximate surface area is 67.3 Å². The molecule has 1 fully saturated rings. The lowest BCUT2D eigenvalue weighted by atomic mass is 10.1. The van der Waals surface area contributed by atoms with Crippen molar-refractivity contribution < 1.29 is 5.21 Å². The van der Waals surface area contributed by atoms with Crippen LogP contribution in [0.1, 0.15) is 19.3 Å². The first-order valence-corrected chi connectivity index (χ1v) is 4.23. The first kappa shape index (κ1) is 8.93. The van der Waals surface area contributed by atoms with E-state index in [2.05, 4.69) is 5.32 Å². The number of rotatable bonds is 3. The first-order chi connectivity index (χ1) is 5.34. The summed E-state index contributed by atoms with van der Waals surface area (Å²) in [4.78, 5) is 0. The SMILES string of the molecule is NCCNC1CCCCN1O. The van der Waals surface area contributed by atoms with E-state index in [0.29, 0.717) is 6.54 Å². The lowest BCUT2D eigenvalue weighted by Gasteiger charge is -2.30. The number of hydrogen-bond acceptors (Lipinski definition) is 4. The van der Waals surface area contributed by atoms with Gasteiger partial charge in [-0.1, -0.05) is 0 Å². The van der Waals surface area contributed by atoms with Gasteiger partial charge < -0.3 is 10.9 Å². The molecule has 4 N–H and O–H groups in total. The maximum atomic E-state index is 9.33. The predicted molar refractivity (Wildman–Crippen MR) is 43.2 cm³/mol. The minimum atomic E-state index is 0.132. The zero-order valence-corrected chi connectivity index (χ0v) is 6.79. The summed E-state index contributed by atoms with van der Waals surface area (Å²) < 4.78 is 0. The van der Waals surface area contributed by atoms with Crippen molar-refractivity contribution in [2.75, 3.05) is 19.6 Å². The highest BCUT2D eigenvalue weighted by molar-refractivity contribution is 4.68. The Morgan fingerprint density at radius 2 is 2.36 bits per heavy atom. The van der Waals surface area contributed by atoms with Crippen molar-refractivity contribution in [3.63, 3.8) is 0 Å². The van der Waals surface area contributed by atoms with Crippen LogP contribution >= 0.6 is 0 Å². The molecule has 4 heteroatoms. The Morgan fingerprint density at radius 1 is 1.55 bits per heavy atom. The van der Waals surface area contributed by atoms with E-state index in [1.54, 1.807) is 0 Å². The molecular formula is C7H17N3O. The minimum absolute atomic E-state index is 0.132.